The van der Waals surface area contributed by atoms with Crippen molar-refractivity contribution in [1.29, 1.82) is 0 Å². The molecule has 1 aliphatic rings. The SMILES string of the molecule is C[C@H](O)C#C[C@]1(O)[C@@H](C)CCCC1(C)C. The standard InChI is InChI=1S/C13H22O2/c1-10-6-5-8-12(3,4)13(10,15)9-7-11(2)14/h10-11,14-15H,5-6,8H2,1-4H3/t10-,11-,13-/m0/s1. The minimum atomic E-state index is -0.956. The molecule has 0 aliphatic heterocycles. The van der Waals surface area contributed by atoms with Gasteiger partial charge in [-0.25, -0.2) is 0 Å². The molecule has 2 N–H and O–H groups in total. The Hall–Kier alpha value is -0.520. The first kappa shape index (κ1) is 12.5. The zero-order valence-electron chi connectivity index (χ0n) is 10.2. The summed E-state index contributed by atoms with van der Waals surface area (Å²) in [5.74, 6) is 5.76. The molecule has 15 heavy (non-hydrogen) atoms. The summed E-state index contributed by atoms with van der Waals surface area (Å²) < 4.78 is 0. The highest BCUT2D eigenvalue weighted by Crippen LogP contribution is 2.46. The Labute approximate surface area is 92.7 Å². The van der Waals surface area contributed by atoms with E-state index in [4.69, 9.17) is 5.11 Å². The zero-order valence-corrected chi connectivity index (χ0v) is 10.2. The van der Waals surface area contributed by atoms with Gasteiger partial charge in [0, 0.05) is 5.41 Å². The van der Waals surface area contributed by atoms with E-state index in [-0.39, 0.29) is 11.3 Å². The molecular weight excluding hydrogens is 188 g/mol. The van der Waals surface area contributed by atoms with Crippen LogP contribution in [0.15, 0.2) is 0 Å². The van der Waals surface area contributed by atoms with Gasteiger partial charge in [-0.3, -0.25) is 0 Å². The van der Waals surface area contributed by atoms with Crippen molar-refractivity contribution in [1.82, 2.24) is 0 Å². The quantitative estimate of drug-likeness (QED) is 0.600. The Morgan fingerprint density at radius 3 is 2.47 bits per heavy atom. The van der Waals surface area contributed by atoms with Crippen molar-refractivity contribution in [2.24, 2.45) is 11.3 Å². The summed E-state index contributed by atoms with van der Waals surface area (Å²) in [6, 6.07) is 0. The van der Waals surface area contributed by atoms with Crippen molar-refractivity contribution in [3.63, 3.8) is 0 Å². The van der Waals surface area contributed by atoms with E-state index in [1.165, 1.54) is 0 Å². The average Bonchev–Trinajstić information content (AvgIpc) is 2.11. The molecule has 2 heteroatoms. The van der Waals surface area contributed by atoms with Crippen LogP contribution in [0.1, 0.15) is 47.0 Å². The number of hydrogen-bond acceptors (Lipinski definition) is 2. The first-order chi connectivity index (χ1) is 6.79. The lowest BCUT2D eigenvalue weighted by atomic mass is 9.61. The number of aliphatic hydroxyl groups is 2. The van der Waals surface area contributed by atoms with E-state index >= 15 is 0 Å². The van der Waals surface area contributed by atoms with Gasteiger partial charge in [-0.15, -0.1) is 0 Å². The molecule has 0 bridgehead atoms. The molecule has 0 saturated heterocycles. The molecule has 0 spiro atoms. The molecule has 0 unspecified atom stereocenters. The van der Waals surface area contributed by atoms with Gasteiger partial charge in [0.2, 0.25) is 0 Å². The van der Waals surface area contributed by atoms with Crippen LogP contribution >= 0.6 is 0 Å². The van der Waals surface area contributed by atoms with Gasteiger partial charge in [0.25, 0.3) is 0 Å². The maximum atomic E-state index is 10.6. The Bertz CT molecular complexity index is 283. The monoisotopic (exact) mass is 210 g/mol. The van der Waals surface area contributed by atoms with Crippen molar-refractivity contribution in [2.45, 2.75) is 58.7 Å². The highest BCUT2D eigenvalue weighted by Gasteiger charge is 2.48. The summed E-state index contributed by atoms with van der Waals surface area (Å²) >= 11 is 0. The van der Waals surface area contributed by atoms with Gasteiger partial charge < -0.3 is 10.2 Å². The molecule has 3 atom stereocenters. The molecule has 1 saturated carbocycles. The van der Waals surface area contributed by atoms with E-state index < -0.39 is 11.7 Å². The van der Waals surface area contributed by atoms with Gasteiger partial charge in [0.05, 0.1) is 0 Å². The second-order valence-corrected chi connectivity index (χ2v) is 5.39. The van der Waals surface area contributed by atoms with Crippen LogP contribution in [0.25, 0.3) is 0 Å². The fraction of sp³-hybridized carbons (Fsp3) is 0.846. The van der Waals surface area contributed by atoms with Gasteiger partial charge in [0.15, 0.2) is 0 Å². The third-order valence-electron chi connectivity index (χ3n) is 3.66. The molecule has 0 radical (unpaired) electrons. The Kier molecular flexibility index (Phi) is 3.48. The lowest BCUT2D eigenvalue weighted by Gasteiger charge is -2.47. The Morgan fingerprint density at radius 1 is 1.40 bits per heavy atom. The maximum absolute atomic E-state index is 10.6. The van der Waals surface area contributed by atoms with E-state index in [0.717, 1.165) is 19.3 Å². The van der Waals surface area contributed by atoms with Crippen LogP contribution < -0.4 is 0 Å². The highest BCUT2D eigenvalue weighted by atomic mass is 16.3. The highest BCUT2D eigenvalue weighted by molar-refractivity contribution is 5.23. The summed E-state index contributed by atoms with van der Waals surface area (Å²) in [7, 11) is 0. The van der Waals surface area contributed by atoms with Crippen molar-refractivity contribution in [3.8, 4) is 11.8 Å². The maximum Gasteiger partial charge on any atom is 0.133 e. The molecule has 0 aromatic heterocycles. The summed E-state index contributed by atoms with van der Waals surface area (Å²) in [6.07, 6.45) is 2.47. The van der Waals surface area contributed by atoms with E-state index in [9.17, 15) is 5.11 Å². The fourth-order valence-corrected chi connectivity index (χ4v) is 2.42. The van der Waals surface area contributed by atoms with Crippen molar-refractivity contribution < 1.29 is 10.2 Å². The van der Waals surface area contributed by atoms with Crippen LogP contribution in [0.2, 0.25) is 0 Å². The molecular formula is C13H22O2. The second-order valence-electron chi connectivity index (χ2n) is 5.39. The largest absolute Gasteiger partial charge is 0.381 e. The van der Waals surface area contributed by atoms with Crippen molar-refractivity contribution in [3.05, 3.63) is 0 Å². The van der Waals surface area contributed by atoms with Gasteiger partial charge in [-0.05, 0) is 25.7 Å². The van der Waals surface area contributed by atoms with E-state index in [1.807, 2.05) is 6.92 Å². The zero-order chi connectivity index (χ0) is 11.7. The summed E-state index contributed by atoms with van der Waals surface area (Å²) in [4.78, 5) is 0. The first-order valence-corrected chi connectivity index (χ1v) is 5.73. The van der Waals surface area contributed by atoms with Crippen molar-refractivity contribution >= 4 is 0 Å². The molecule has 1 rings (SSSR count). The molecule has 1 fully saturated rings. The van der Waals surface area contributed by atoms with Gasteiger partial charge >= 0.3 is 0 Å². The van der Waals surface area contributed by atoms with E-state index in [2.05, 4.69) is 25.7 Å². The van der Waals surface area contributed by atoms with Crippen LogP contribution in [0.5, 0.6) is 0 Å². The average molecular weight is 210 g/mol. The molecule has 0 aromatic rings. The molecule has 1 aliphatic carbocycles. The second kappa shape index (κ2) is 4.15. The molecule has 86 valence electrons. The smallest absolute Gasteiger partial charge is 0.133 e. The summed E-state index contributed by atoms with van der Waals surface area (Å²) in [5, 5.41) is 19.8. The van der Waals surface area contributed by atoms with Gasteiger partial charge in [-0.2, -0.15) is 0 Å². The predicted molar refractivity (Wildman–Crippen MR) is 61.2 cm³/mol. The van der Waals surface area contributed by atoms with Gasteiger partial charge in [0.1, 0.15) is 11.7 Å². The lowest BCUT2D eigenvalue weighted by molar-refractivity contribution is -0.0862. The lowest BCUT2D eigenvalue weighted by Crippen LogP contribution is -2.51. The number of rotatable bonds is 0. The normalized spacial score (nSPS) is 36.5. The minimum Gasteiger partial charge on any atom is -0.381 e. The minimum absolute atomic E-state index is 0.174. The van der Waals surface area contributed by atoms with Crippen LogP contribution in [0, 0.1) is 23.2 Å². The topological polar surface area (TPSA) is 40.5 Å². The van der Waals surface area contributed by atoms with Crippen molar-refractivity contribution in [2.75, 3.05) is 0 Å². The van der Waals surface area contributed by atoms with E-state index in [1.54, 1.807) is 6.92 Å². The third kappa shape index (κ3) is 2.35. The summed E-state index contributed by atoms with van der Waals surface area (Å²) in [5.41, 5.74) is -1.14. The van der Waals surface area contributed by atoms with Crippen LogP contribution in [0.3, 0.4) is 0 Å². The van der Waals surface area contributed by atoms with Gasteiger partial charge in [-0.1, -0.05) is 39.0 Å². The van der Waals surface area contributed by atoms with Crippen LogP contribution in [-0.4, -0.2) is 21.9 Å². The molecule has 2 nitrogen and oxygen atoms in total. The Morgan fingerprint density at radius 2 is 2.00 bits per heavy atom. The summed E-state index contributed by atoms with van der Waals surface area (Å²) in [6.45, 7) is 7.77. The Balaban J connectivity index is 3.00. The molecule has 0 heterocycles. The van der Waals surface area contributed by atoms with Crippen LogP contribution in [-0.2, 0) is 0 Å². The molecule has 0 amide bonds. The predicted octanol–water partition coefficient (Wildman–Crippen LogP) is 1.95. The number of aliphatic hydroxyl groups excluding tert-OH is 1. The first-order valence-electron chi connectivity index (χ1n) is 5.73. The fourth-order valence-electron chi connectivity index (χ4n) is 2.42. The molecule has 0 aromatic carbocycles. The van der Waals surface area contributed by atoms with E-state index in [0.29, 0.717) is 0 Å². The van der Waals surface area contributed by atoms with Crippen LogP contribution in [0.4, 0.5) is 0 Å². The third-order valence-corrected chi connectivity index (χ3v) is 3.66. The number of hydrogen-bond donors (Lipinski definition) is 2.